The second-order valence-corrected chi connectivity index (χ2v) is 5.75. The number of pyridine rings is 1. The van der Waals surface area contributed by atoms with Gasteiger partial charge in [-0.3, -0.25) is 4.79 Å². The van der Waals surface area contributed by atoms with Gasteiger partial charge in [-0.25, -0.2) is 9.37 Å². The quantitative estimate of drug-likeness (QED) is 0.693. The van der Waals surface area contributed by atoms with Gasteiger partial charge in [0.05, 0.1) is 17.3 Å². The Morgan fingerprint density at radius 1 is 1.21 bits per heavy atom. The van der Waals surface area contributed by atoms with E-state index in [1.165, 1.54) is 23.9 Å². The van der Waals surface area contributed by atoms with Gasteiger partial charge in [-0.15, -0.1) is 0 Å². The van der Waals surface area contributed by atoms with E-state index in [0.717, 1.165) is 5.03 Å². The highest BCUT2D eigenvalue weighted by Crippen LogP contribution is 2.16. The van der Waals surface area contributed by atoms with Gasteiger partial charge in [-0.2, -0.15) is 4.98 Å². The maximum absolute atomic E-state index is 12.9. The molecule has 1 amide bonds. The molecule has 0 radical (unpaired) electrons. The van der Waals surface area contributed by atoms with Gasteiger partial charge < -0.3 is 9.84 Å². The molecule has 8 heteroatoms. The SMILES string of the molecule is O=C(CSc1ccccn1)NCc1nc(-c2ccc(F)cc2)no1. The molecule has 0 saturated heterocycles. The fraction of sp³-hybridized carbons (Fsp3) is 0.125. The maximum Gasteiger partial charge on any atom is 0.246 e. The molecule has 122 valence electrons. The van der Waals surface area contributed by atoms with Crippen LogP contribution in [-0.4, -0.2) is 26.8 Å². The van der Waals surface area contributed by atoms with Gasteiger partial charge in [0.25, 0.3) is 0 Å². The van der Waals surface area contributed by atoms with Crippen molar-refractivity contribution in [2.45, 2.75) is 11.6 Å². The van der Waals surface area contributed by atoms with Crippen molar-refractivity contribution in [1.29, 1.82) is 0 Å². The molecule has 1 N–H and O–H groups in total. The van der Waals surface area contributed by atoms with E-state index >= 15 is 0 Å². The summed E-state index contributed by atoms with van der Waals surface area (Å²) < 4.78 is 18.0. The third-order valence-electron chi connectivity index (χ3n) is 3.00. The molecule has 24 heavy (non-hydrogen) atoms. The molecular formula is C16H13FN4O2S. The molecule has 3 rings (SSSR count). The molecule has 0 unspecified atom stereocenters. The van der Waals surface area contributed by atoms with E-state index in [1.54, 1.807) is 18.3 Å². The lowest BCUT2D eigenvalue weighted by Crippen LogP contribution is -2.24. The average Bonchev–Trinajstić information content (AvgIpc) is 3.09. The van der Waals surface area contributed by atoms with Crippen molar-refractivity contribution < 1.29 is 13.7 Å². The zero-order chi connectivity index (χ0) is 16.8. The fourth-order valence-electron chi connectivity index (χ4n) is 1.84. The van der Waals surface area contributed by atoms with Crippen LogP contribution in [0.4, 0.5) is 4.39 Å². The average molecular weight is 344 g/mol. The largest absolute Gasteiger partial charge is 0.346 e. The minimum absolute atomic E-state index is 0.135. The number of nitrogens with zero attached hydrogens (tertiary/aromatic N) is 3. The Morgan fingerprint density at radius 2 is 2.04 bits per heavy atom. The Balaban J connectivity index is 1.50. The van der Waals surface area contributed by atoms with Gasteiger partial charge >= 0.3 is 0 Å². The third kappa shape index (κ3) is 4.39. The minimum Gasteiger partial charge on any atom is -0.346 e. The summed E-state index contributed by atoms with van der Waals surface area (Å²) in [5, 5.41) is 7.29. The Morgan fingerprint density at radius 3 is 2.79 bits per heavy atom. The monoisotopic (exact) mass is 344 g/mol. The van der Waals surface area contributed by atoms with Crippen LogP contribution >= 0.6 is 11.8 Å². The lowest BCUT2D eigenvalue weighted by Gasteiger charge is -2.01. The van der Waals surface area contributed by atoms with Gasteiger partial charge in [0.2, 0.25) is 17.6 Å². The number of carbonyl (C=O) groups is 1. The van der Waals surface area contributed by atoms with Gasteiger partial charge in [0.1, 0.15) is 5.82 Å². The molecule has 0 fully saturated rings. The first-order valence-electron chi connectivity index (χ1n) is 7.10. The molecule has 6 nitrogen and oxygen atoms in total. The first-order valence-corrected chi connectivity index (χ1v) is 8.08. The van der Waals surface area contributed by atoms with Crippen LogP contribution in [0.5, 0.6) is 0 Å². The molecule has 0 bridgehead atoms. The van der Waals surface area contributed by atoms with Crippen molar-refractivity contribution in [2.24, 2.45) is 0 Å². The Bertz CT molecular complexity index is 808. The van der Waals surface area contributed by atoms with Gasteiger partial charge in [-0.1, -0.05) is 23.0 Å². The molecule has 3 aromatic rings. The fourth-order valence-corrected chi connectivity index (χ4v) is 2.53. The Hall–Kier alpha value is -2.74. The van der Waals surface area contributed by atoms with Crippen molar-refractivity contribution >= 4 is 17.7 Å². The molecule has 2 heterocycles. The number of halogens is 1. The van der Waals surface area contributed by atoms with Crippen LogP contribution in [0.3, 0.4) is 0 Å². The molecule has 0 aliphatic heterocycles. The summed E-state index contributed by atoms with van der Waals surface area (Å²) >= 11 is 1.34. The highest BCUT2D eigenvalue weighted by atomic mass is 32.2. The smallest absolute Gasteiger partial charge is 0.246 e. The van der Waals surface area contributed by atoms with Crippen LogP contribution in [0.25, 0.3) is 11.4 Å². The lowest BCUT2D eigenvalue weighted by atomic mass is 10.2. The molecule has 1 aromatic carbocycles. The number of thioether (sulfide) groups is 1. The van der Waals surface area contributed by atoms with Crippen LogP contribution in [0.2, 0.25) is 0 Å². The summed E-state index contributed by atoms with van der Waals surface area (Å²) in [6, 6.07) is 11.3. The molecule has 0 aliphatic rings. The first-order chi connectivity index (χ1) is 11.7. The summed E-state index contributed by atoms with van der Waals surface area (Å²) in [5.41, 5.74) is 0.642. The van der Waals surface area contributed by atoms with Crippen molar-refractivity contribution in [3.8, 4) is 11.4 Å². The second-order valence-electron chi connectivity index (χ2n) is 4.75. The van der Waals surface area contributed by atoms with E-state index in [0.29, 0.717) is 11.4 Å². The second kappa shape index (κ2) is 7.69. The summed E-state index contributed by atoms with van der Waals surface area (Å²) in [6.07, 6.45) is 1.68. The summed E-state index contributed by atoms with van der Waals surface area (Å²) in [4.78, 5) is 20.1. The van der Waals surface area contributed by atoms with Gasteiger partial charge in [0, 0.05) is 11.8 Å². The van der Waals surface area contributed by atoms with E-state index < -0.39 is 0 Å². The molecule has 0 spiro atoms. The van der Waals surface area contributed by atoms with E-state index in [-0.39, 0.29) is 29.9 Å². The Labute approximate surface area is 141 Å². The first kappa shape index (κ1) is 16.1. The number of aromatic nitrogens is 3. The zero-order valence-electron chi connectivity index (χ0n) is 12.5. The third-order valence-corrected chi connectivity index (χ3v) is 3.94. The number of amides is 1. The van der Waals surface area contributed by atoms with Gasteiger partial charge in [0.15, 0.2) is 0 Å². The van der Waals surface area contributed by atoms with Crippen LogP contribution in [0.15, 0.2) is 58.2 Å². The number of nitrogens with one attached hydrogen (secondary N) is 1. The van der Waals surface area contributed by atoms with Crippen LogP contribution in [-0.2, 0) is 11.3 Å². The van der Waals surface area contributed by atoms with Crippen LogP contribution in [0.1, 0.15) is 5.89 Å². The van der Waals surface area contributed by atoms with E-state index in [4.69, 9.17) is 4.52 Å². The normalized spacial score (nSPS) is 10.5. The topological polar surface area (TPSA) is 80.9 Å². The van der Waals surface area contributed by atoms with Crippen molar-refractivity contribution in [2.75, 3.05) is 5.75 Å². The standard InChI is InChI=1S/C16H13FN4O2S/c17-12-6-4-11(5-7-12)16-20-14(23-21-16)9-19-13(22)10-24-15-3-1-2-8-18-15/h1-8H,9-10H2,(H,19,22). The van der Waals surface area contributed by atoms with Crippen molar-refractivity contribution in [3.63, 3.8) is 0 Å². The lowest BCUT2D eigenvalue weighted by molar-refractivity contribution is -0.118. The summed E-state index contributed by atoms with van der Waals surface area (Å²) in [7, 11) is 0. The molecule has 2 aromatic heterocycles. The van der Waals surface area contributed by atoms with Crippen LogP contribution in [0, 0.1) is 5.82 Å². The zero-order valence-corrected chi connectivity index (χ0v) is 13.3. The number of benzene rings is 1. The predicted octanol–water partition coefficient (Wildman–Crippen LogP) is 2.68. The Kier molecular flexibility index (Phi) is 5.17. The molecular weight excluding hydrogens is 331 g/mol. The number of rotatable bonds is 6. The van der Waals surface area contributed by atoms with Crippen molar-refractivity contribution in [3.05, 3.63) is 60.4 Å². The predicted molar refractivity (Wildman–Crippen MR) is 86.5 cm³/mol. The summed E-state index contributed by atoms with van der Waals surface area (Å²) in [5.74, 6) is 0.385. The molecule has 0 aliphatic carbocycles. The molecule has 0 saturated carbocycles. The highest BCUT2D eigenvalue weighted by molar-refractivity contribution is 7.99. The highest BCUT2D eigenvalue weighted by Gasteiger charge is 2.10. The summed E-state index contributed by atoms with van der Waals surface area (Å²) in [6.45, 7) is 0.135. The van der Waals surface area contributed by atoms with Crippen LogP contribution < -0.4 is 5.32 Å². The van der Waals surface area contributed by atoms with Crippen molar-refractivity contribution in [1.82, 2.24) is 20.4 Å². The molecule has 0 atom stereocenters. The van der Waals surface area contributed by atoms with E-state index in [2.05, 4.69) is 20.4 Å². The maximum atomic E-state index is 12.9. The number of hydrogen-bond donors (Lipinski definition) is 1. The van der Waals surface area contributed by atoms with E-state index in [1.807, 2.05) is 18.2 Å². The minimum atomic E-state index is -0.333. The number of hydrogen-bond acceptors (Lipinski definition) is 6. The van der Waals surface area contributed by atoms with Gasteiger partial charge in [-0.05, 0) is 36.4 Å². The van der Waals surface area contributed by atoms with E-state index in [9.17, 15) is 9.18 Å². The number of carbonyl (C=O) groups excluding carboxylic acids is 1.